The number of anilines is 1. The first kappa shape index (κ1) is 16.5. The van der Waals surface area contributed by atoms with E-state index in [2.05, 4.69) is 9.97 Å². The van der Waals surface area contributed by atoms with Gasteiger partial charge in [0.15, 0.2) is 5.65 Å². The summed E-state index contributed by atoms with van der Waals surface area (Å²) in [6.07, 6.45) is 1.10. The Morgan fingerprint density at radius 2 is 2.12 bits per heavy atom. The third-order valence-electron chi connectivity index (χ3n) is 4.13. The normalized spacial score (nSPS) is 20.2. The van der Waals surface area contributed by atoms with Crippen molar-refractivity contribution in [2.24, 2.45) is 0 Å². The van der Waals surface area contributed by atoms with Crippen molar-refractivity contribution in [2.45, 2.75) is 17.9 Å². The van der Waals surface area contributed by atoms with Crippen molar-refractivity contribution in [3.8, 4) is 17.0 Å². The molecule has 9 heteroatoms. The molecule has 1 saturated heterocycles. The molecule has 1 fully saturated rings. The molecule has 0 radical (unpaired) electrons. The number of nitrogens with two attached hydrogens (primary N) is 1. The van der Waals surface area contributed by atoms with Crippen LogP contribution in [0.4, 0.5) is 5.82 Å². The molecule has 2 aromatic heterocycles. The first-order valence-electron chi connectivity index (χ1n) is 7.75. The van der Waals surface area contributed by atoms with Crippen LogP contribution in [0.25, 0.3) is 22.3 Å². The number of rotatable bonds is 4. The summed E-state index contributed by atoms with van der Waals surface area (Å²) in [5.41, 5.74) is 8.45. The smallest absolute Gasteiger partial charge is 0.164 e. The third-order valence-corrected chi connectivity index (χ3v) is 7.02. The lowest BCUT2D eigenvalue weighted by molar-refractivity contribution is 0.191. The van der Waals surface area contributed by atoms with Crippen LogP contribution in [0.3, 0.4) is 0 Å². The molecule has 0 bridgehead atoms. The molecule has 0 unspecified atom stereocenters. The van der Waals surface area contributed by atoms with E-state index in [1.54, 1.807) is 28.7 Å². The van der Waals surface area contributed by atoms with E-state index < -0.39 is 0 Å². The molecule has 3 heterocycles. The van der Waals surface area contributed by atoms with E-state index in [9.17, 15) is 5.11 Å². The fourth-order valence-corrected chi connectivity index (χ4v) is 5.72. The fraction of sp³-hybridized carbons (Fsp3) is 0.312. The molecule has 1 aromatic carbocycles. The largest absolute Gasteiger partial charge is 0.497 e. The van der Waals surface area contributed by atoms with E-state index in [0.717, 1.165) is 28.1 Å². The van der Waals surface area contributed by atoms with Gasteiger partial charge in [-0.3, -0.25) is 0 Å². The second kappa shape index (κ2) is 6.74. The second-order valence-electron chi connectivity index (χ2n) is 5.70. The summed E-state index contributed by atoms with van der Waals surface area (Å²) in [6.45, 7) is 0.571. The minimum Gasteiger partial charge on any atom is -0.497 e. The van der Waals surface area contributed by atoms with Gasteiger partial charge in [-0.05, 0) is 24.3 Å². The minimum absolute atomic E-state index is 0.0769. The van der Waals surface area contributed by atoms with Gasteiger partial charge in [0.25, 0.3) is 0 Å². The quantitative estimate of drug-likeness (QED) is 0.670. The highest BCUT2D eigenvalue weighted by Gasteiger charge is 2.29. The van der Waals surface area contributed by atoms with Gasteiger partial charge in [0.1, 0.15) is 23.6 Å². The Balaban J connectivity index is 1.80. The van der Waals surface area contributed by atoms with Crippen molar-refractivity contribution in [2.75, 3.05) is 18.6 Å². The average Bonchev–Trinajstić information content (AvgIpc) is 3.20. The molecule has 3 aromatic rings. The number of aliphatic hydroxyl groups is 1. The van der Waals surface area contributed by atoms with Gasteiger partial charge >= 0.3 is 0 Å². The van der Waals surface area contributed by atoms with Crippen molar-refractivity contribution >= 4 is 38.4 Å². The number of fused-ring (bicyclic) bond motifs is 1. The van der Waals surface area contributed by atoms with Crippen LogP contribution in [0.15, 0.2) is 30.6 Å². The van der Waals surface area contributed by atoms with Crippen LogP contribution in [0.5, 0.6) is 5.75 Å². The molecule has 130 valence electrons. The van der Waals surface area contributed by atoms with E-state index >= 15 is 0 Å². The maximum absolute atomic E-state index is 10.1. The van der Waals surface area contributed by atoms with Gasteiger partial charge in [-0.2, -0.15) is 5.10 Å². The zero-order valence-corrected chi connectivity index (χ0v) is 15.1. The van der Waals surface area contributed by atoms with E-state index in [4.69, 9.17) is 15.6 Å². The number of hydrogen-bond acceptors (Lipinski definition) is 8. The van der Waals surface area contributed by atoms with Gasteiger partial charge in [-0.25, -0.2) is 14.6 Å². The average molecular weight is 375 g/mol. The maximum atomic E-state index is 10.1. The lowest BCUT2D eigenvalue weighted by Gasteiger charge is -2.12. The number of nitrogen functional groups attached to an aromatic ring is 1. The molecular weight excluding hydrogens is 358 g/mol. The first-order chi connectivity index (χ1) is 12.2. The Morgan fingerprint density at radius 1 is 1.32 bits per heavy atom. The summed E-state index contributed by atoms with van der Waals surface area (Å²) in [4.78, 5) is 8.49. The number of benzene rings is 1. The van der Waals surface area contributed by atoms with E-state index in [-0.39, 0.29) is 11.4 Å². The Labute approximate surface area is 152 Å². The number of ether oxygens (including phenoxy) is 1. The van der Waals surface area contributed by atoms with Crippen LogP contribution in [-0.4, -0.2) is 49.1 Å². The molecule has 7 nitrogen and oxygen atoms in total. The highest BCUT2D eigenvalue weighted by atomic mass is 33.1. The lowest BCUT2D eigenvalue weighted by Crippen LogP contribution is -2.25. The van der Waals surface area contributed by atoms with Crippen molar-refractivity contribution in [3.63, 3.8) is 0 Å². The summed E-state index contributed by atoms with van der Waals surface area (Å²) in [5, 5.41) is 15.6. The number of hydrogen-bond donors (Lipinski definition) is 2. The van der Waals surface area contributed by atoms with Crippen molar-refractivity contribution in [1.82, 2.24) is 19.7 Å². The Bertz CT molecular complexity index is 899. The van der Waals surface area contributed by atoms with Gasteiger partial charge in [-0.15, -0.1) is 0 Å². The molecule has 1 aliphatic rings. The highest BCUT2D eigenvalue weighted by molar-refractivity contribution is 8.77. The SMILES string of the molecule is COc1ccc(-c2nn(C[C@@H]3SSC[C@@H]3O)c3ncnc(N)c23)cc1. The molecule has 4 rings (SSSR count). The number of methoxy groups -OCH3 is 1. The van der Waals surface area contributed by atoms with Gasteiger partial charge in [0.05, 0.1) is 30.4 Å². The molecule has 3 N–H and O–H groups in total. The molecule has 1 aliphatic heterocycles. The van der Waals surface area contributed by atoms with Crippen LogP contribution >= 0.6 is 21.6 Å². The monoisotopic (exact) mass is 375 g/mol. The van der Waals surface area contributed by atoms with Crippen molar-refractivity contribution < 1.29 is 9.84 Å². The van der Waals surface area contributed by atoms with E-state index in [1.165, 1.54) is 6.33 Å². The predicted octanol–water partition coefficient (Wildman–Crippen LogP) is 2.21. The van der Waals surface area contributed by atoms with Gasteiger partial charge < -0.3 is 15.6 Å². The maximum Gasteiger partial charge on any atom is 0.164 e. The molecule has 0 saturated carbocycles. The number of aromatic nitrogens is 4. The van der Waals surface area contributed by atoms with Crippen LogP contribution < -0.4 is 10.5 Å². The topological polar surface area (TPSA) is 99.1 Å². The fourth-order valence-electron chi connectivity index (χ4n) is 2.80. The van der Waals surface area contributed by atoms with Crippen LogP contribution in [-0.2, 0) is 6.54 Å². The van der Waals surface area contributed by atoms with Crippen LogP contribution in [0.1, 0.15) is 0 Å². The molecule has 0 aliphatic carbocycles. The Morgan fingerprint density at radius 3 is 2.80 bits per heavy atom. The van der Waals surface area contributed by atoms with Gasteiger partial charge in [0, 0.05) is 11.3 Å². The molecule has 0 spiro atoms. The summed E-state index contributed by atoms with van der Waals surface area (Å²) in [7, 11) is 4.99. The number of nitrogens with zero attached hydrogens (tertiary/aromatic N) is 4. The zero-order valence-electron chi connectivity index (χ0n) is 13.5. The van der Waals surface area contributed by atoms with Crippen LogP contribution in [0, 0.1) is 0 Å². The van der Waals surface area contributed by atoms with Crippen molar-refractivity contribution in [1.29, 1.82) is 0 Å². The summed E-state index contributed by atoms with van der Waals surface area (Å²) < 4.78 is 7.03. The first-order valence-corrected chi connectivity index (χ1v) is 10.1. The zero-order chi connectivity index (χ0) is 17.4. The Hall–Kier alpha value is -1.97. The lowest BCUT2D eigenvalue weighted by atomic mass is 10.1. The van der Waals surface area contributed by atoms with E-state index in [0.29, 0.717) is 18.0 Å². The van der Waals surface area contributed by atoms with Crippen molar-refractivity contribution in [3.05, 3.63) is 30.6 Å². The molecule has 25 heavy (non-hydrogen) atoms. The summed E-state index contributed by atoms with van der Waals surface area (Å²) in [5.74, 6) is 1.91. The number of aliphatic hydroxyl groups excluding tert-OH is 1. The summed E-state index contributed by atoms with van der Waals surface area (Å²) in [6, 6.07) is 7.64. The highest BCUT2D eigenvalue weighted by Crippen LogP contribution is 2.39. The van der Waals surface area contributed by atoms with Gasteiger partial charge in [-0.1, -0.05) is 21.6 Å². The molecule has 0 amide bonds. The Kier molecular flexibility index (Phi) is 4.45. The molecule has 2 atom stereocenters. The molecular formula is C16H17N5O2S2. The standard InChI is InChI=1S/C16H17N5O2S2/c1-23-10-4-2-9(3-5-10)14-13-15(17)18-8-19-16(13)21(20-14)6-12-11(22)7-24-25-12/h2-5,8,11-12,22H,6-7H2,1H3,(H2,17,18,19)/t11-,12-/m0/s1. The van der Waals surface area contributed by atoms with Crippen LogP contribution in [0.2, 0.25) is 0 Å². The van der Waals surface area contributed by atoms with Gasteiger partial charge in [0.2, 0.25) is 0 Å². The second-order valence-corrected chi connectivity index (χ2v) is 8.35. The minimum atomic E-state index is -0.349. The van der Waals surface area contributed by atoms with E-state index in [1.807, 2.05) is 28.9 Å². The predicted molar refractivity (Wildman–Crippen MR) is 102 cm³/mol. The third kappa shape index (κ3) is 3.03. The summed E-state index contributed by atoms with van der Waals surface area (Å²) >= 11 is 0.